The molecule has 1 unspecified atom stereocenters. The molecule has 0 aliphatic carbocycles. The van der Waals surface area contributed by atoms with Crippen molar-refractivity contribution in [2.24, 2.45) is 21.1 Å². The van der Waals surface area contributed by atoms with Crippen LogP contribution >= 0.6 is 0 Å². The van der Waals surface area contributed by atoms with E-state index in [1.54, 1.807) is 0 Å². The third-order valence-electron chi connectivity index (χ3n) is 4.53. The van der Waals surface area contributed by atoms with Gasteiger partial charge in [-0.05, 0) is 6.92 Å². The van der Waals surface area contributed by atoms with E-state index in [2.05, 4.69) is 4.98 Å². The van der Waals surface area contributed by atoms with E-state index >= 15 is 0 Å². The smallest absolute Gasteiger partial charge is 0.349 e. The SMILES string of the molecule is CCOC(=O)CC(CC(=O)Oc1nc2c(c(=O)n(C)c(=O)n2C)n1C)(OC(C)=O)C(=O)O. The molecule has 174 valence electrons. The molecule has 0 aliphatic rings. The minimum absolute atomic E-state index is 0.0478. The number of aromatic nitrogens is 4. The van der Waals surface area contributed by atoms with Gasteiger partial charge in [-0.2, -0.15) is 4.98 Å². The lowest BCUT2D eigenvalue weighted by atomic mass is 9.95. The Balaban J connectivity index is 2.44. The number of fused-ring (bicyclic) bond motifs is 1. The number of carboxylic acids is 1. The molecule has 0 spiro atoms. The minimum atomic E-state index is -2.58. The van der Waals surface area contributed by atoms with Crippen LogP contribution in [0.5, 0.6) is 6.01 Å². The van der Waals surface area contributed by atoms with Gasteiger partial charge in [-0.1, -0.05) is 0 Å². The van der Waals surface area contributed by atoms with Gasteiger partial charge >= 0.3 is 35.6 Å². The zero-order chi connectivity index (χ0) is 24.4. The topological polar surface area (TPSA) is 178 Å². The van der Waals surface area contributed by atoms with Gasteiger partial charge in [-0.25, -0.2) is 9.59 Å². The van der Waals surface area contributed by atoms with Gasteiger partial charge in [0.05, 0.1) is 19.4 Å². The molecule has 0 fully saturated rings. The standard InChI is InChI=1S/C18H22N4O10/c1-6-30-10(24)7-18(15(27)28,32-9(2)23)8-11(25)31-16-19-13-12(20(16)3)14(26)22(5)17(29)21(13)4/h6-8H2,1-5H3,(H,27,28). The van der Waals surface area contributed by atoms with Crippen LogP contribution < -0.4 is 16.0 Å². The average Bonchev–Trinajstić information content (AvgIpc) is 3.00. The first-order valence-electron chi connectivity index (χ1n) is 9.26. The van der Waals surface area contributed by atoms with Gasteiger partial charge < -0.3 is 19.3 Å². The lowest BCUT2D eigenvalue weighted by molar-refractivity contribution is -0.185. The molecule has 0 bridgehead atoms. The van der Waals surface area contributed by atoms with Crippen molar-refractivity contribution in [3.8, 4) is 6.01 Å². The van der Waals surface area contributed by atoms with E-state index in [0.29, 0.717) is 0 Å². The van der Waals surface area contributed by atoms with Crippen molar-refractivity contribution in [3.05, 3.63) is 20.8 Å². The Morgan fingerprint density at radius 2 is 1.59 bits per heavy atom. The summed E-state index contributed by atoms with van der Waals surface area (Å²) in [7, 11) is 3.97. The van der Waals surface area contributed by atoms with Gasteiger partial charge in [0.25, 0.3) is 5.56 Å². The summed E-state index contributed by atoms with van der Waals surface area (Å²) in [5, 5.41) is 9.61. The fourth-order valence-electron chi connectivity index (χ4n) is 3.01. The molecule has 0 saturated heterocycles. The fraction of sp³-hybridized carbons (Fsp3) is 0.500. The maximum absolute atomic E-state index is 12.6. The molecular weight excluding hydrogens is 432 g/mol. The summed E-state index contributed by atoms with van der Waals surface area (Å²) in [4.78, 5) is 76.2. The highest BCUT2D eigenvalue weighted by Gasteiger charge is 2.47. The lowest BCUT2D eigenvalue weighted by Gasteiger charge is -2.26. The average molecular weight is 454 g/mol. The van der Waals surface area contributed by atoms with Crippen LogP contribution in [0.2, 0.25) is 0 Å². The van der Waals surface area contributed by atoms with Crippen LogP contribution in [0, 0.1) is 0 Å². The Bertz CT molecular complexity index is 1220. The molecule has 2 aromatic rings. The number of esters is 3. The Morgan fingerprint density at radius 3 is 2.12 bits per heavy atom. The third-order valence-corrected chi connectivity index (χ3v) is 4.53. The predicted octanol–water partition coefficient (Wildman–Crippen LogP) is -1.39. The Kier molecular flexibility index (Phi) is 6.86. The second-order valence-electron chi connectivity index (χ2n) is 6.86. The van der Waals surface area contributed by atoms with Crippen LogP contribution in [0.15, 0.2) is 9.59 Å². The molecular formula is C18H22N4O10. The highest BCUT2D eigenvalue weighted by atomic mass is 16.6. The van der Waals surface area contributed by atoms with E-state index in [-0.39, 0.29) is 17.8 Å². The number of carbonyl (C=O) groups excluding carboxylic acids is 3. The largest absolute Gasteiger partial charge is 0.478 e. The number of ether oxygens (including phenoxy) is 3. The van der Waals surface area contributed by atoms with E-state index in [0.717, 1.165) is 20.6 Å². The molecule has 0 aliphatic heterocycles. The van der Waals surface area contributed by atoms with Crippen molar-refractivity contribution in [2.75, 3.05) is 6.61 Å². The van der Waals surface area contributed by atoms with Gasteiger partial charge in [0.15, 0.2) is 11.2 Å². The minimum Gasteiger partial charge on any atom is -0.478 e. The number of nitrogens with zero attached hydrogens (tertiary/aromatic N) is 4. The molecule has 14 heteroatoms. The monoisotopic (exact) mass is 454 g/mol. The molecule has 2 aromatic heterocycles. The predicted molar refractivity (Wildman–Crippen MR) is 105 cm³/mol. The lowest BCUT2D eigenvalue weighted by Crippen LogP contribution is -2.47. The second-order valence-corrected chi connectivity index (χ2v) is 6.86. The molecule has 1 N–H and O–H groups in total. The van der Waals surface area contributed by atoms with Crippen LogP contribution in [0.1, 0.15) is 26.7 Å². The summed E-state index contributed by atoms with van der Waals surface area (Å²) in [6.45, 7) is 2.34. The van der Waals surface area contributed by atoms with Gasteiger partial charge in [0, 0.05) is 28.1 Å². The van der Waals surface area contributed by atoms with Crippen LogP contribution in [0.4, 0.5) is 0 Å². The molecule has 0 radical (unpaired) electrons. The number of carboxylic acid groups (broad SMARTS) is 1. The fourth-order valence-corrected chi connectivity index (χ4v) is 3.01. The van der Waals surface area contributed by atoms with Crippen molar-refractivity contribution in [3.63, 3.8) is 0 Å². The van der Waals surface area contributed by atoms with E-state index in [9.17, 15) is 33.9 Å². The van der Waals surface area contributed by atoms with Gasteiger partial charge in [-0.15, -0.1) is 0 Å². The summed E-state index contributed by atoms with van der Waals surface area (Å²) < 4.78 is 17.6. The number of aliphatic carboxylic acids is 1. The van der Waals surface area contributed by atoms with Crippen LogP contribution in [0.25, 0.3) is 11.2 Å². The quantitative estimate of drug-likeness (QED) is 0.464. The van der Waals surface area contributed by atoms with Crippen LogP contribution in [-0.4, -0.2) is 59.9 Å². The number of imidazole rings is 1. The van der Waals surface area contributed by atoms with E-state index in [1.165, 1.54) is 28.1 Å². The summed E-state index contributed by atoms with van der Waals surface area (Å²) in [5.74, 6) is -5.05. The summed E-state index contributed by atoms with van der Waals surface area (Å²) in [6.07, 6.45) is -2.00. The van der Waals surface area contributed by atoms with Gasteiger partial charge in [-0.3, -0.25) is 32.9 Å². The first kappa shape index (κ1) is 24.3. The molecule has 14 nitrogen and oxygen atoms in total. The van der Waals surface area contributed by atoms with Crippen molar-refractivity contribution in [1.82, 2.24) is 18.7 Å². The maximum atomic E-state index is 12.6. The molecule has 1 atom stereocenters. The molecule has 2 heterocycles. The number of hydrogen-bond acceptors (Lipinski definition) is 10. The van der Waals surface area contributed by atoms with E-state index < -0.39 is 59.6 Å². The van der Waals surface area contributed by atoms with Crippen LogP contribution in [0.3, 0.4) is 0 Å². The molecule has 0 amide bonds. The second kappa shape index (κ2) is 9.03. The van der Waals surface area contributed by atoms with Crippen molar-refractivity contribution < 1.29 is 38.5 Å². The summed E-state index contributed by atoms with van der Waals surface area (Å²) >= 11 is 0. The van der Waals surface area contributed by atoms with Crippen molar-refractivity contribution in [2.45, 2.75) is 32.3 Å². The van der Waals surface area contributed by atoms with Crippen molar-refractivity contribution >= 4 is 35.0 Å². The highest BCUT2D eigenvalue weighted by Crippen LogP contribution is 2.25. The maximum Gasteiger partial charge on any atom is 0.349 e. The zero-order valence-corrected chi connectivity index (χ0v) is 18.0. The van der Waals surface area contributed by atoms with Crippen LogP contribution in [-0.2, 0) is 49.8 Å². The van der Waals surface area contributed by atoms with E-state index in [4.69, 9.17) is 14.2 Å². The highest BCUT2D eigenvalue weighted by molar-refractivity contribution is 5.91. The molecule has 0 saturated carbocycles. The Hall–Kier alpha value is -3.97. The van der Waals surface area contributed by atoms with Gasteiger partial charge in [0.2, 0.25) is 5.60 Å². The van der Waals surface area contributed by atoms with Crippen molar-refractivity contribution in [1.29, 1.82) is 0 Å². The normalized spacial score (nSPS) is 12.8. The number of hydrogen-bond donors (Lipinski definition) is 1. The number of aryl methyl sites for hydroxylation is 2. The van der Waals surface area contributed by atoms with Gasteiger partial charge in [0.1, 0.15) is 0 Å². The molecule has 32 heavy (non-hydrogen) atoms. The first-order valence-corrected chi connectivity index (χ1v) is 9.26. The molecule has 2 rings (SSSR count). The Morgan fingerprint density at radius 1 is 1.00 bits per heavy atom. The number of rotatable bonds is 8. The Labute approximate surface area is 179 Å². The zero-order valence-electron chi connectivity index (χ0n) is 18.0. The third kappa shape index (κ3) is 4.53. The summed E-state index contributed by atoms with van der Waals surface area (Å²) in [6, 6.07) is -0.415. The first-order chi connectivity index (χ1) is 14.8. The van der Waals surface area contributed by atoms with E-state index in [1.807, 2.05) is 0 Å². The number of carbonyl (C=O) groups is 4. The summed E-state index contributed by atoms with van der Waals surface area (Å²) in [5.41, 5.74) is -4.05. The molecule has 0 aromatic carbocycles.